The summed E-state index contributed by atoms with van der Waals surface area (Å²) >= 11 is 6.52. The number of hydrogen-bond acceptors (Lipinski definition) is 5. The number of H-pyrrole nitrogens is 1. The highest BCUT2D eigenvalue weighted by Gasteiger charge is 2.32. The quantitative estimate of drug-likeness (QED) is 0.492. The molecule has 2 aromatic carbocycles. The second-order valence-corrected chi connectivity index (χ2v) is 8.38. The first-order valence-corrected chi connectivity index (χ1v) is 10.6. The van der Waals surface area contributed by atoms with Gasteiger partial charge in [-0.05, 0) is 35.9 Å². The molecule has 0 aliphatic carbocycles. The van der Waals surface area contributed by atoms with Crippen LogP contribution in [0.4, 0.5) is 0 Å². The zero-order valence-electron chi connectivity index (χ0n) is 16.6. The maximum Gasteiger partial charge on any atom is 0.147 e. The molecule has 152 valence electrons. The van der Waals surface area contributed by atoms with Crippen LogP contribution in [0.15, 0.2) is 42.6 Å². The Morgan fingerprint density at radius 2 is 2.10 bits per heavy atom. The van der Waals surface area contributed by atoms with E-state index in [-0.39, 0.29) is 6.10 Å². The summed E-state index contributed by atoms with van der Waals surface area (Å²) in [6, 6.07) is 13.6. The summed E-state index contributed by atoms with van der Waals surface area (Å²) in [6.45, 7) is 1.77. The smallest absolute Gasteiger partial charge is 0.147 e. The third-order valence-corrected chi connectivity index (χ3v) is 6.32. The number of rotatable bonds is 2. The van der Waals surface area contributed by atoms with Gasteiger partial charge in [0.25, 0.3) is 0 Å². The molecule has 2 aromatic heterocycles. The molecule has 4 aromatic rings. The molecule has 0 radical (unpaired) electrons. The number of nitrogens with one attached hydrogen (secondary N) is 2. The second-order valence-electron chi connectivity index (χ2n) is 7.95. The lowest BCUT2D eigenvalue weighted by molar-refractivity contribution is 0.232. The molecule has 0 saturated carbocycles. The zero-order chi connectivity index (χ0) is 20.9. The van der Waals surface area contributed by atoms with E-state index >= 15 is 0 Å². The molecule has 6 rings (SSSR count). The SMILES string of the molecule is N#Cc1ccc2c(-c3cc(Cl)cc4c3OC(c3n[nH]c5c3CNCC5)C4)ccnc2c1. The minimum absolute atomic E-state index is 0.148. The van der Waals surface area contributed by atoms with Gasteiger partial charge in [-0.25, -0.2) is 0 Å². The Morgan fingerprint density at radius 3 is 3.00 bits per heavy atom. The molecule has 31 heavy (non-hydrogen) atoms. The van der Waals surface area contributed by atoms with Gasteiger partial charge in [0.2, 0.25) is 0 Å². The largest absolute Gasteiger partial charge is 0.483 e. The first kappa shape index (κ1) is 18.4. The van der Waals surface area contributed by atoms with E-state index in [0.717, 1.165) is 65.0 Å². The Hall–Kier alpha value is -3.40. The first-order chi connectivity index (χ1) is 15.2. The van der Waals surface area contributed by atoms with Gasteiger partial charge in [-0.2, -0.15) is 10.4 Å². The fraction of sp³-hybridized carbons (Fsp3) is 0.208. The van der Waals surface area contributed by atoms with Gasteiger partial charge in [-0.3, -0.25) is 10.1 Å². The Morgan fingerprint density at radius 1 is 1.16 bits per heavy atom. The van der Waals surface area contributed by atoms with Crippen LogP contribution < -0.4 is 10.1 Å². The molecule has 0 bridgehead atoms. The van der Waals surface area contributed by atoms with Gasteiger partial charge in [0.1, 0.15) is 17.5 Å². The van der Waals surface area contributed by atoms with Crippen molar-refractivity contribution in [2.24, 2.45) is 0 Å². The summed E-state index contributed by atoms with van der Waals surface area (Å²) in [4.78, 5) is 4.45. The molecule has 0 saturated heterocycles. The Labute approximate surface area is 183 Å². The van der Waals surface area contributed by atoms with Crippen molar-refractivity contribution in [1.29, 1.82) is 5.26 Å². The van der Waals surface area contributed by atoms with Gasteiger partial charge in [-0.1, -0.05) is 17.7 Å². The topological polar surface area (TPSA) is 86.6 Å². The van der Waals surface area contributed by atoms with Crippen molar-refractivity contribution >= 4 is 22.5 Å². The fourth-order valence-electron chi connectivity index (χ4n) is 4.64. The minimum Gasteiger partial charge on any atom is -0.483 e. The summed E-state index contributed by atoms with van der Waals surface area (Å²) < 4.78 is 6.51. The molecule has 2 N–H and O–H groups in total. The van der Waals surface area contributed by atoms with Crippen LogP contribution in [0.2, 0.25) is 5.02 Å². The molecule has 0 amide bonds. The lowest BCUT2D eigenvalue weighted by atomic mass is 9.96. The number of ether oxygens (including phenoxy) is 1. The number of nitriles is 1. The minimum atomic E-state index is -0.148. The Balaban J connectivity index is 1.46. The number of pyridine rings is 1. The van der Waals surface area contributed by atoms with E-state index in [1.807, 2.05) is 30.3 Å². The van der Waals surface area contributed by atoms with E-state index in [4.69, 9.17) is 16.3 Å². The molecule has 1 unspecified atom stereocenters. The van der Waals surface area contributed by atoms with Crippen LogP contribution in [0.5, 0.6) is 5.75 Å². The lowest BCUT2D eigenvalue weighted by Gasteiger charge is -2.16. The third kappa shape index (κ3) is 2.97. The summed E-state index contributed by atoms with van der Waals surface area (Å²) in [5.74, 6) is 0.840. The van der Waals surface area contributed by atoms with Crippen molar-refractivity contribution in [2.75, 3.05) is 6.54 Å². The molecule has 7 heteroatoms. The maximum atomic E-state index is 9.22. The van der Waals surface area contributed by atoms with Gasteiger partial charge in [-0.15, -0.1) is 0 Å². The fourth-order valence-corrected chi connectivity index (χ4v) is 4.88. The van der Waals surface area contributed by atoms with E-state index in [1.54, 1.807) is 12.3 Å². The van der Waals surface area contributed by atoms with Crippen LogP contribution >= 0.6 is 11.6 Å². The van der Waals surface area contributed by atoms with Gasteiger partial charge in [0, 0.05) is 64.9 Å². The van der Waals surface area contributed by atoms with Gasteiger partial charge < -0.3 is 10.1 Å². The van der Waals surface area contributed by atoms with Crippen molar-refractivity contribution in [3.8, 4) is 22.9 Å². The first-order valence-electron chi connectivity index (χ1n) is 10.3. The highest BCUT2D eigenvalue weighted by molar-refractivity contribution is 6.31. The molecule has 2 aliphatic rings. The molecular formula is C24H18ClN5O. The predicted molar refractivity (Wildman–Crippen MR) is 118 cm³/mol. The number of nitrogens with zero attached hydrogens (tertiary/aromatic N) is 3. The second kappa shape index (κ2) is 7.09. The highest BCUT2D eigenvalue weighted by atomic mass is 35.5. The van der Waals surface area contributed by atoms with Crippen LogP contribution in [0.1, 0.15) is 34.2 Å². The van der Waals surface area contributed by atoms with Crippen LogP contribution in [0.25, 0.3) is 22.0 Å². The summed E-state index contributed by atoms with van der Waals surface area (Å²) in [5.41, 5.74) is 7.73. The van der Waals surface area contributed by atoms with Crippen molar-refractivity contribution in [1.82, 2.24) is 20.5 Å². The van der Waals surface area contributed by atoms with Crippen LogP contribution in [-0.4, -0.2) is 21.7 Å². The molecule has 1 atom stereocenters. The van der Waals surface area contributed by atoms with E-state index in [9.17, 15) is 5.26 Å². The molecule has 2 aliphatic heterocycles. The highest BCUT2D eigenvalue weighted by Crippen LogP contribution is 2.46. The van der Waals surface area contributed by atoms with Gasteiger partial charge in [0.05, 0.1) is 17.1 Å². The summed E-state index contributed by atoms with van der Waals surface area (Å²) in [6.07, 6.45) is 3.29. The molecular weight excluding hydrogens is 410 g/mol. The van der Waals surface area contributed by atoms with Gasteiger partial charge >= 0.3 is 0 Å². The summed E-state index contributed by atoms with van der Waals surface area (Å²) in [7, 11) is 0. The lowest BCUT2D eigenvalue weighted by Crippen LogP contribution is -2.24. The average molecular weight is 428 g/mol. The number of aromatic nitrogens is 3. The van der Waals surface area contributed by atoms with E-state index < -0.39 is 0 Å². The van der Waals surface area contributed by atoms with E-state index in [2.05, 4.69) is 26.6 Å². The Kier molecular flexibility index (Phi) is 4.20. The monoisotopic (exact) mass is 427 g/mol. The van der Waals surface area contributed by atoms with Crippen LogP contribution in [0.3, 0.4) is 0 Å². The predicted octanol–water partition coefficient (Wildman–Crippen LogP) is 4.47. The van der Waals surface area contributed by atoms with Crippen LogP contribution in [-0.2, 0) is 19.4 Å². The normalized spacial score (nSPS) is 17.1. The Bertz CT molecular complexity index is 1390. The maximum absolute atomic E-state index is 9.22. The molecule has 0 fully saturated rings. The third-order valence-electron chi connectivity index (χ3n) is 6.10. The van der Waals surface area contributed by atoms with Crippen LogP contribution in [0, 0.1) is 11.3 Å². The average Bonchev–Trinajstić information content (AvgIpc) is 3.41. The van der Waals surface area contributed by atoms with E-state index in [1.165, 1.54) is 11.3 Å². The van der Waals surface area contributed by atoms with Crippen molar-refractivity contribution in [3.63, 3.8) is 0 Å². The molecule has 0 spiro atoms. The molecule has 4 heterocycles. The number of halogens is 1. The van der Waals surface area contributed by atoms with Crippen molar-refractivity contribution in [2.45, 2.75) is 25.5 Å². The van der Waals surface area contributed by atoms with Crippen molar-refractivity contribution in [3.05, 3.63) is 75.7 Å². The van der Waals surface area contributed by atoms with E-state index in [0.29, 0.717) is 10.6 Å². The number of hydrogen-bond donors (Lipinski definition) is 2. The zero-order valence-corrected chi connectivity index (χ0v) is 17.3. The number of benzene rings is 2. The number of fused-ring (bicyclic) bond motifs is 3. The standard InChI is InChI=1S/C24H18ClN5O/c25-15-8-14-9-22(23-19-12-27-5-4-20(19)29-30-23)31-24(14)18(10-15)16-3-6-28-21-7-13(11-26)1-2-17(16)21/h1-3,6-8,10,22,27H,4-5,9,12H2,(H,29,30). The molecule has 6 nitrogen and oxygen atoms in total. The van der Waals surface area contributed by atoms with Gasteiger partial charge in [0.15, 0.2) is 0 Å². The van der Waals surface area contributed by atoms with Crippen molar-refractivity contribution < 1.29 is 4.74 Å². The summed E-state index contributed by atoms with van der Waals surface area (Å²) in [5, 5.41) is 22.1. The number of aromatic amines is 1.